The lowest BCUT2D eigenvalue weighted by atomic mass is 9.80. The summed E-state index contributed by atoms with van der Waals surface area (Å²) in [6.45, 7) is 2.18. The van der Waals surface area contributed by atoms with Crippen LogP contribution in [0.5, 0.6) is 0 Å². The topological polar surface area (TPSA) is 46.6 Å². The SMILES string of the molecule is Cc1ccc(C(=O)C2=C(c3ccccc3)COC23C(=O)N(C)c2ccccc23)cc1. The summed E-state index contributed by atoms with van der Waals surface area (Å²) >= 11 is 0. The molecule has 0 fully saturated rings. The Morgan fingerprint density at radius 1 is 0.933 bits per heavy atom. The first-order chi connectivity index (χ1) is 14.5. The normalized spacial score (nSPS) is 20.2. The van der Waals surface area contributed by atoms with Crippen LogP contribution in [0.3, 0.4) is 0 Å². The van der Waals surface area contributed by atoms with E-state index in [0.29, 0.717) is 11.1 Å². The van der Waals surface area contributed by atoms with Crippen molar-refractivity contribution in [2.24, 2.45) is 0 Å². The van der Waals surface area contributed by atoms with Crippen molar-refractivity contribution < 1.29 is 14.3 Å². The van der Waals surface area contributed by atoms with Crippen LogP contribution in [-0.4, -0.2) is 25.3 Å². The molecule has 2 heterocycles. The van der Waals surface area contributed by atoms with Gasteiger partial charge in [-0.05, 0) is 24.1 Å². The zero-order chi connectivity index (χ0) is 20.9. The zero-order valence-corrected chi connectivity index (χ0v) is 16.9. The molecule has 4 heteroatoms. The predicted octanol–water partition coefficient (Wildman–Crippen LogP) is 4.53. The van der Waals surface area contributed by atoms with Crippen molar-refractivity contribution in [2.45, 2.75) is 12.5 Å². The number of para-hydroxylation sites is 1. The highest BCUT2D eigenvalue weighted by Crippen LogP contribution is 2.53. The summed E-state index contributed by atoms with van der Waals surface area (Å²) in [5.41, 5.74) is 3.77. The van der Waals surface area contributed by atoms with Crippen molar-refractivity contribution in [3.63, 3.8) is 0 Å². The summed E-state index contributed by atoms with van der Waals surface area (Å²) in [4.78, 5) is 29.0. The van der Waals surface area contributed by atoms with Crippen LogP contribution in [0.2, 0.25) is 0 Å². The minimum Gasteiger partial charge on any atom is -0.351 e. The maximum Gasteiger partial charge on any atom is 0.268 e. The molecular formula is C26H21NO3. The molecule has 148 valence electrons. The molecule has 1 unspecified atom stereocenters. The third kappa shape index (κ3) is 2.50. The minimum atomic E-state index is -1.42. The van der Waals surface area contributed by atoms with Gasteiger partial charge in [0.1, 0.15) is 0 Å². The number of nitrogens with zero attached hydrogens (tertiary/aromatic N) is 1. The molecule has 0 saturated carbocycles. The fraction of sp³-hybridized carbons (Fsp3) is 0.154. The fourth-order valence-electron chi connectivity index (χ4n) is 4.46. The number of hydrogen-bond acceptors (Lipinski definition) is 3. The second-order valence-electron chi connectivity index (χ2n) is 7.77. The Bertz CT molecular complexity index is 1190. The number of likely N-dealkylation sites (N-methyl/N-ethyl adjacent to an activating group) is 1. The Hall–Kier alpha value is -3.50. The molecule has 4 nitrogen and oxygen atoms in total. The van der Waals surface area contributed by atoms with Crippen LogP contribution in [0.1, 0.15) is 27.0 Å². The summed E-state index contributed by atoms with van der Waals surface area (Å²) < 4.78 is 6.27. The van der Waals surface area contributed by atoms with Crippen molar-refractivity contribution in [3.8, 4) is 0 Å². The number of benzene rings is 3. The predicted molar refractivity (Wildman–Crippen MR) is 116 cm³/mol. The summed E-state index contributed by atoms with van der Waals surface area (Å²) in [5.74, 6) is -0.408. The molecule has 1 amide bonds. The standard InChI is InChI=1S/C26H21NO3/c1-17-12-14-19(15-13-17)24(28)23-20(18-8-4-3-5-9-18)16-30-26(23)21-10-6-7-11-22(21)27(2)25(26)29/h3-15H,16H2,1-2H3. The molecule has 1 atom stereocenters. The van der Waals surface area contributed by atoms with E-state index in [1.807, 2.05) is 85.8 Å². The van der Waals surface area contributed by atoms with Crippen LogP contribution in [0.15, 0.2) is 84.4 Å². The van der Waals surface area contributed by atoms with Crippen molar-refractivity contribution in [1.82, 2.24) is 0 Å². The van der Waals surface area contributed by atoms with Gasteiger partial charge in [-0.25, -0.2) is 0 Å². The van der Waals surface area contributed by atoms with Crippen molar-refractivity contribution in [2.75, 3.05) is 18.6 Å². The Kier molecular flexibility index (Phi) is 4.19. The first kappa shape index (κ1) is 18.5. The van der Waals surface area contributed by atoms with E-state index in [2.05, 4.69) is 0 Å². The van der Waals surface area contributed by atoms with Gasteiger partial charge in [0.2, 0.25) is 5.60 Å². The highest BCUT2D eigenvalue weighted by molar-refractivity contribution is 6.23. The fourth-order valence-corrected chi connectivity index (χ4v) is 4.46. The molecule has 30 heavy (non-hydrogen) atoms. The van der Waals surface area contributed by atoms with Gasteiger partial charge in [0.05, 0.1) is 17.9 Å². The van der Waals surface area contributed by atoms with Gasteiger partial charge in [-0.1, -0.05) is 78.4 Å². The average molecular weight is 395 g/mol. The number of Topliss-reactive ketones (excluding diaryl/α,β-unsaturated/α-hetero) is 1. The summed E-state index contributed by atoms with van der Waals surface area (Å²) in [5, 5.41) is 0. The number of amides is 1. The van der Waals surface area contributed by atoms with Crippen molar-refractivity contribution in [3.05, 3.63) is 107 Å². The molecule has 0 bridgehead atoms. The van der Waals surface area contributed by atoms with Crippen molar-refractivity contribution >= 4 is 23.0 Å². The van der Waals surface area contributed by atoms with Gasteiger partial charge in [0.15, 0.2) is 5.78 Å². The molecule has 0 radical (unpaired) electrons. The molecule has 3 aromatic rings. The Morgan fingerprint density at radius 2 is 1.60 bits per heavy atom. The molecule has 0 saturated heterocycles. The first-order valence-corrected chi connectivity index (χ1v) is 9.96. The number of fused-ring (bicyclic) bond motifs is 2. The molecule has 2 aliphatic rings. The molecule has 0 N–H and O–H groups in total. The van der Waals surface area contributed by atoms with E-state index in [-0.39, 0.29) is 18.3 Å². The van der Waals surface area contributed by atoms with E-state index in [1.54, 1.807) is 11.9 Å². The second kappa shape index (κ2) is 6.78. The van der Waals surface area contributed by atoms with E-state index in [0.717, 1.165) is 28.0 Å². The Balaban J connectivity index is 1.79. The number of ether oxygens (including phenoxy) is 1. The monoisotopic (exact) mass is 395 g/mol. The van der Waals surface area contributed by atoms with E-state index >= 15 is 0 Å². The van der Waals surface area contributed by atoms with Crippen LogP contribution in [0, 0.1) is 6.92 Å². The first-order valence-electron chi connectivity index (χ1n) is 9.96. The van der Waals surface area contributed by atoms with Crippen LogP contribution in [0.25, 0.3) is 5.57 Å². The second-order valence-corrected chi connectivity index (χ2v) is 7.77. The third-order valence-electron chi connectivity index (χ3n) is 6.00. The summed E-state index contributed by atoms with van der Waals surface area (Å²) in [6, 6.07) is 24.7. The van der Waals surface area contributed by atoms with Crippen LogP contribution < -0.4 is 4.90 Å². The molecule has 5 rings (SSSR count). The third-order valence-corrected chi connectivity index (χ3v) is 6.00. The highest BCUT2D eigenvalue weighted by Gasteiger charge is 2.59. The number of ketones is 1. The molecule has 1 spiro atoms. The molecule has 2 aliphatic heterocycles. The molecule has 3 aromatic carbocycles. The van der Waals surface area contributed by atoms with Gasteiger partial charge in [-0.2, -0.15) is 0 Å². The van der Waals surface area contributed by atoms with Crippen LogP contribution in [0.4, 0.5) is 5.69 Å². The van der Waals surface area contributed by atoms with E-state index in [4.69, 9.17) is 4.74 Å². The number of rotatable bonds is 3. The minimum absolute atomic E-state index is 0.176. The van der Waals surface area contributed by atoms with Gasteiger partial charge in [0.25, 0.3) is 5.91 Å². The summed E-state index contributed by atoms with van der Waals surface area (Å²) in [6.07, 6.45) is 0. The molecular weight excluding hydrogens is 374 g/mol. The number of aryl methyl sites for hydroxylation is 1. The number of carbonyl (C=O) groups is 2. The molecule has 0 aliphatic carbocycles. The van der Waals surface area contributed by atoms with Gasteiger partial charge in [-0.15, -0.1) is 0 Å². The maximum absolute atomic E-state index is 13.9. The average Bonchev–Trinajstić information content (AvgIpc) is 3.28. The maximum atomic E-state index is 13.9. The van der Waals surface area contributed by atoms with Gasteiger partial charge >= 0.3 is 0 Å². The van der Waals surface area contributed by atoms with Gasteiger partial charge in [-0.3, -0.25) is 9.59 Å². The van der Waals surface area contributed by atoms with E-state index in [9.17, 15) is 9.59 Å². The lowest BCUT2D eigenvalue weighted by Crippen LogP contribution is -2.42. The van der Waals surface area contributed by atoms with Crippen molar-refractivity contribution in [1.29, 1.82) is 0 Å². The van der Waals surface area contributed by atoms with Gasteiger partial charge in [0, 0.05) is 18.2 Å². The van der Waals surface area contributed by atoms with E-state index < -0.39 is 5.60 Å². The van der Waals surface area contributed by atoms with Gasteiger partial charge < -0.3 is 9.64 Å². The lowest BCUT2D eigenvalue weighted by molar-refractivity contribution is -0.134. The largest absolute Gasteiger partial charge is 0.351 e. The Labute approximate surface area is 175 Å². The number of carbonyl (C=O) groups excluding carboxylic acids is 2. The highest BCUT2D eigenvalue weighted by atomic mass is 16.5. The molecule has 0 aromatic heterocycles. The van der Waals surface area contributed by atoms with Crippen LogP contribution in [-0.2, 0) is 15.1 Å². The number of hydrogen-bond donors (Lipinski definition) is 0. The van der Waals surface area contributed by atoms with Crippen LogP contribution >= 0.6 is 0 Å². The zero-order valence-electron chi connectivity index (χ0n) is 16.9. The summed E-state index contributed by atoms with van der Waals surface area (Å²) in [7, 11) is 1.73. The lowest BCUT2D eigenvalue weighted by Gasteiger charge is -2.25. The quantitative estimate of drug-likeness (QED) is 0.612. The smallest absolute Gasteiger partial charge is 0.268 e. The Morgan fingerprint density at radius 3 is 2.33 bits per heavy atom. The number of anilines is 1. The van der Waals surface area contributed by atoms with E-state index in [1.165, 1.54) is 0 Å².